The maximum Gasteiger partial charge on any atom is 0.310 e. The summed E-state index contributed by atoms with van der Waals surface area (Å²) in [5.41, 5.74) is 0.651. The second-order valence-electron chi connectivity index (χ2n) is 4.46. The molecule has 4 nitrogen and oxygen atoms in total. The lowest BCUT2D eigenvalue weighted by Crippen LogP contribution is -2.22. The summed E-state index contributed by atoms with van der Waals surface area (Å²) in [5, 5.41) is 2.90. The second-order valence-corrected chi connectivity index (χ2v) is 4.86. The number of para-hydroxylation sites is 1. The number of rotatable bonds is 5. The maximum atomic E-state index is 13.4. The third-order valence-electron chi connectivity index (χ3n) is 2.80. The normalized spacial score (nSPS) is 10.1. The SMILES string of the molecule is O=C(COC(=O)Cc1ccccc1F)Nc1ccccc1Cl. The zero-order chi connectivity index (χ0) is 15.9. The Morgan fingerprint density at radius 2 is 1.77 bits per heavy atom. The van der Waals surface area contributed by atoms with E-state index in [1.807, 2.05) is 0 Å². The van der Waals surface area contributed by atoms with Gasteiger partial charge in [-0.15, -0.1) is 0 Å². The molecule has 1 N–H and O–H groups in total. The molecule has 2 aromatic carbocycles. The van der Waals surface area contributed by atoms with E-state index in [-0.39, 0.29) is 12.0 Å². The number of halogens is 2. The molecule has 114 valence electrons. The number of amides is 1. The predicted molar refractivity (Wildman–Crippen MR) is 81.1 cm³/mol. The summed E-state index contributed by atoms with van der Waals surface area (Å²) in [6, 6.07) is 12.6. The standard InChI is InChI=1S/C16H13ClFNO3/c17-12-6-2-4-8-14(12)19-15(20)10-22-16(21)9-11-5-1-3-7-13(11)18/h1-8H,9-10H2,(H,19,20). The van der Waals surface area contributed by atoms with E-state index < -0.39 is 24.3 Å². The third kappa shape index (κ3) is 4.56. The van der Waals surface area contributed by atoms with Gasteiger partial charge in [0.2, 0.25) is 0 Å². The molecule has 0 aromatic heterocycles. The smallest absolute Gasteiger partial charge is 0.310 e. The van der Waals surface area contributed by atoms with Crippen LogP contribution in [-0.4, -0.2) is 18.5 Å². The van der Waals surface area contributed by atoms with Crippen LogP contribution in [-0.2, 0) is 20.7 Å². The summed E-state index contributed by atoms with van der Waals surface area (Å²) in [7, 11) is 0. The van der Waals surface area contributed by atoms with Crippen LogP contribution >= 0.6 is 11.6 Å². The van der Waals surface area contributed by atoms with Gasteiger partial charge in [0.25, 0.3) is 5.91 Å². The monoisotopic (exact) mass is 321 g/mol. The number of hydrogen-bond acceptors (Lipinski definition) is 3. The average molecular weight is 322 g/mol. The zero-order valence-corrected chi connectivity index (χ0v) is 12.3. The second kappa shape index (κ2) is 7.56. The maximum absolute atomic E-state index is 13.4. The summed E-state index contributed by atoms with van der Waals surface area (Å²) < 4.78 is 18.2. The number of anilines is 1. The van der Waals surface area contributed by atoms with E-state index in [0.717, 1.165) is 0 Å². The van der Waals surface area contributed by atoms with Crippen molar-refractivity contribution in [2.75, 3.05) is 11.9 Å². The fourth-order valence-corrected chi connectivity index (χ4v) is 1.93. The van der Waals surface area contributed by atoms with Gasteiger partial charge in [-0.05, 0) is 23.8 Å². The van der Waals surface area contributed by atoms with Gasteiger partial charge in [-0.2, -0.15) is 0 Å². The van der Waals surface area contributed by atoms with Gasteiger partial charge in [0.1, 0.15) is 5.82 Å². The molecule has 0 bridgehead atoms. The first-order chi connectivity index (χ1) is 10.6. The third-order valence-corrected chi connectivity index (χ3v) is 3.13. The van der Waals surface area contributed by atoms with E-state index in [1.54, 1.807) is 30.3 Å². The van der Waals surface area contributed by atoms with E-state index in [4.69, 9.17) is 16.3 Å². The lowest BCUT2D eigenvalue weighted by molar-refractivity contribution is -0.146. The van der Waals surface area contributed by atoms with Gasteiger partial charge in [0.15, 0.2) is 6.61 Å². The lowest BCUT2D eigenvalue weighted by atomic mass is 10.1. The van der Waals surface area contributed by atoms with Crippen molar-refractivity contribution in [3.05, 3.63) is 64.9 Å². The molecule has 0 aliphatic carbocycles. The Hall–Kier alpha value is -2.40. The number of esters is 1. The Morgan fingerprint density at radius 3 is 2.50 bits per heavy atom. The summed E-state index contributed by atoms with van der Waals surface area (Å²) in [6.07, 6.45) is -0.230. The Kier molecular flexibility index (Phi) is 5.49. The summed E-state index contributed by atoms with van der Waals surface area (Å²) in [4.78, 5) is 23.3. The Bertz CT molecular complexity index is 631. The Balaban J connectivity index is 1.82. The van der Waals surface area contributed by atoms with E-state index in [2.05, 4.69) is 5.32 Å². The van der Waals surface area contributed by atoms with Crippen LogP contribution in [0.25, 0.3) is 0 Å². The molecule has 2 aromatic rings. The van der Waals surface area contributed by atoms with Crippen LogP contribution < -0.4 is 5.32 Å². The molecule has 0 aliphatic rings. The minimum atomic E-state index is -0.681. The predicted octanol–water partition coefficient (Wildman–Crippen LogP) is 3.20. The molecule has 22 heavy (non-hydrogen) atoms. The van der Waals surface area contributed by atoms with Gasteiger partial charge in [-0.3, -0.25) is 9.59 Å². The number of hydrogen-bond donors (Lipinski definition) is 1. The molecule has 0 atom stereocenters. The molecular formula is C16H13ClFNO3. The zero-order valence-electron chi connectivity index (χ0n) is 11.5. The molecule has 1 amide bonds. The van der Waals surface area contributed by atoms with Gasteiger partial charge < -0.3 is 10.1 Å². The molecule has 0 saturated carbocycles. The number of nitrogens with one attached hydrogen (secondary N) is 1. The first-order valence-corrected chi connectivity index (χ1v) is 6.87. The average Bonchev–Trinajstić information content (AvgIpc) is 2.50. The number of ether oxygens (including phenoxy) is 1. The molecule has 0 heterocycles. The summed E-state index contributed by atoms with van der Waals surface area (Å²) >= 11 is 5.89. The highest BCUT2D eigenvalue weighted by Gasteiger charge is 2.12. The number of carbonyl (C=O) groups is 2. The summed E-state index contributed by atoms with van der Waals surface area (Å²) in [5.74, 6) is -1.69. The van der Waals surface area contributed by atoms with E-state index in [1.165, 1.54) is 18.2 Å². The Morgan fingerprint density at radius 1 is 1.09 bits per heavy atom. The van der Waals surface area contributed by atoms with Crippen molar-refractivity contribution in [3.63, 3.8) is 0 Å². The van der Waals surface area contributed by atoms with Gasteiger partial charge in [-0.1, -0.05) is 41.9 Å². The highest BCUT2D eigenvalue weighted by atomic mass is 35.5. The van der Waals surface area contributed by atoms with Gasteiger partial charge in [0.05, 0.1) is 17.1 Å². The van der Waals surface area contributed by atoms with Crippen LogP contribution in [0, 0.1) is 5.82 Å². The number of carbonyl (C=O) groups excluding carboxylic acids is 2. The van der Waals surface area contributed by atoms with Gasteiger partial charge >= 0.3 is 5.97 Å². The minimum absolute atomic E-state index is 0.221. The van der Waals surface area contributed by atoms with Crippen molar-refractivity contribution in [3.8, 4) is 0 Å². The van der Waals surface area contributed by atoms with Crippen LogP contribution in [0.15, 0.2) is 48.5 Å². The quantitative estimate of drug-likeness (QED) is 0.860. The highest BCUT2D eigenvalue weighted by molar-refractivity contribution is 6.33. The highest BCUT2D eigenvalue weighted by Crippen LogP contribution is 2.20. The van der Waals surface area contributed by atoms with E-state index >= 15 is 0 Å². The van der Waals surface area contributed by atoms with Crippen molar-refractivity contribution in [2.45, 2.75) is 6.42 Å². The number of benzene rings is 2. The fraction of sp³-hybridized carbons (Fsp3) is 0.125. The molecule has 0 unspecified atom stereocenters. The van der Waals surface area contributed by atoms with Crippen LogP contribution in [0.3, 0.4) is 0 Å². The lowest BCUT2D eigenvalue weighted by Gasteiger charge is -2.08. The molecule has 6 heteroatoms. The molecule has 0 fully saturated rings. The molecule has 0 radical (unpaired) electrons. The topological polar surface area (TPSA) is 55.4 Å². The van der Waals surface area contributed by atoms with Crippen molar-refractivity contribution in [1.82, 2.24) is 0 Å². The van der Waals surface area contributed by atoms with Gasteiger partial charge in [0, 0.05) is 0 Å². The van der Waals surface area contributed by atoms with Crippen molar-refractivity contribution < 1.29 is 18.7 Å². The largest absolute Gasteiger partial charge is 0.455 e. The van der Waals surface area contributed by atoms with E-state index in [0.29, 0.717) is 10.7 Å². The first kappa shape index (κ1) is 16.0. The molecule has 0 spiro atoms. The summed E-state index contributed by atoms with van der Waals surface area (Å²) in [6.45, 7) is -0.460. The Labute approximate surface area is 131 Å². The molecular weight excluding hydrogens is 309 g/mol. The van der Waals surface area contributed by atoms with E-state index in [9.17, 15) is 14.0 Å². The molecule has 2 rings (SSSR count). The first-order valence-electron chi connectivity index (χ1n) is 6.49. The fourth-order valence-electron chi connectivity index (χ4n) is 1.74. The van der Waals surface area contributed by atoms with Gasteiger partial charge in [-0.25, -0.2) is 4.39 Å². The molecule has 0 aliphatic heterocycles. The van der Waals surface area contributed by atoms with Crippen LogP contribution in [0.4, 0.5) is 10.1 Å². The minimum Gasteiger partial charge on any atom is -0.455 e. The van der Waals surface area contributed by atoms with Crippen LogP contribution in [0.2, 0.25) is 5.02 Å². The van der Waals surface area contributed by atoms with Crippen LogP contribution in [0.5, 0.6) is 0 Å². The van der Waals surface area contributed by atoms with Crippen LogP contribution in [0.1, 0.15) is 5.56 Å². The van der Waals surface area contributed by atoms with Crippen molar-refractivity contribution in [1.29, 1.82) is 0 Å². The van der Waals surface area contributed by atoms with Crippen molar-refractivity contribution >= 4 is 29.2 Å². The molecule has 0 saturated heterocycles. The van der Waals surface area contributed by atoms with Crippen molar-refractivity contribution in [2.24, 2.45) is 0 Å².